The van der Waals surface area contributed by atoms with E-state index >= 15 is 0 Å². The average molecular weight is 235 g/mol. The SMILES string of the molecule is COc1ccccc1CNCC1(C(=O)O)CC1. The topological polar surface area (TPSA) is 58.6 Å². The maximum atomic E-state index is 11.0. The van der Waals surface area contributed by atoms with Crippen molar-refractivity contribution < 1.29 is 14.6 Å². The van der Waals surface area contributed by atoms with Crippen LogP contribution < -0.4 is 10.1 Å². The lowest BCUT2D eigenvalue weighted by Gasteiger charge is -2.12. The number of rotatable bonds is 6. The molecule has 4 heteroatoms. The Kier molecular flexibility index (Phi) is 3.33. The fraction of sp³-hybridized carbons (Fsp3) is 0.462. The summed E-state index contributed by atoms with van der Waals surface area (Å²) in [6.07, 6.45) is 1.56. The molecule has 0 unspecified atom stereocenters. The van der Waals surface area contributed by atoms with Crippen LogP contribution in [0.15, 0.2) is 24.3 Å². The monoisotopic (exact) mass is 235 g/mol. The third kappa shape index (κ3) is 2.58. The molecule has 0 bridgehead atoms. The van der Waals surface area contributed by atoms with E-state index in [9.17, 15) is 4.79 Å². The number of aliphatic carboxylic acids is 1. The Morgan fingerprint density at radius 1 is 1.47 bits per heavy atom. The van der Waals surface area contributed by atoms with E-state index in [1.54, 1.807) is 7.11 Å². The Labute approximate surface area is 101 Å². The molecule has 0 radical (unpaired) electrons. The summed E-state index contributed by atoms with van der Waals surface area (Å²) in [6, 6.07) is 7.75. The van der Waals surface area contributed by atoms with Crippen LogP contribution in [0.25, 0.3) is 0 Å². The van der Waals surface area contributed by atoms with Gasteiger partial charge in [-0.25, -0.2) is 0 Å². The van der Waals surface area contributed by atoms with Crippen molar-refractivity contribution in [2.45, 2.75) is 19.4 Å². The van der Waals surface area contributed by atoms with E-state index in [0.717, 1.165) is 24.2 Å². The molecule has 1 aliphatic carbocycles. The molecule has 1 fully saturated rings. The maximum Gasteiger partial charge on any atom is 0.310 e. The number of carbonyl (C=O) groups is 1. The summed E-state index contributed by atoms with van der Waals surface area (Å²) in [5, 5.41) is 12.2. The Balaban J connectivity index is 1.88. The molecule has 0 heterocycles. The minimum absolute atomic E-state index is 0.512. The van der Waals surface area contributed by atoms with Gasteiger partial charge < -0.3 is 15.2 Å². The molecule has 1 aliphatic rings. The predicted molar refractivity (Wildman–Crippen MR) is 64.0 cm³/mol. The number of hydrogen-bond acceptors (Lipinski definition) is 3. The smallest absolute Gasteiger partial charge is 0.310 e. The van der Waals surface area contributed by atoms with Crippen molar-refractivity contribution in [2.24, 2.45) is 5.41 Å². The first-order valence-electron chi connectivity index (χ1n) is 5.74. The van der Waals surface area contributed by atoms with Crippen molar-refractivity contribution in [3.63, 3.8) is 0 Å². The summed E-state index contributed by atoms with van der Waals surface area (Å²) >= 11 is 0. The minimum Gasteiger partial charge on any atom is -0.496 e. The zero-order valence-corrected chi connectivity index (χ0v) is 9.90. The molecule has 92 valence electrons. The summed E-state index contributed by atoms with van der Waals surface area (Å²) in [7, 11) is 1.64. The second-order valence-electron chi connectivity index (χ2n) is 4.50. The van der Waals surface area contributed by atoms with Crippen LogP contribution in [0.2, 0.25) is 0 Å². The van der Waals surface area contributed by atoms with Gasteiger partial charge in [-0.1, -0.05) is 18.2 Å². The molecule has 0 amide bonds. The van der Waals surface area contributed by atoms with Gasteiger partial charge >= 0.3 is 5.97 Å². The highest BCUT2D eigenvalue weighted by atomic mass is 16.5. The summed E-state index contributed by atoms with van der Waals surface area (Å²) < 4.78 is 5.23. The van der Waals surface area contributed by atoms with Gasteiger partial charge in [-0.3, -0.25) is 4.79 Å². The number of carboxylic acids is 1. The van der Waals surface area contributed by atoms with E-state index in [1.807, 2.05) is 24.3 Å². The first-order valence-corrected chi connectivity index (χ1v) is 5.74. The Bertz CT molecular complexity index is 413. The predicted octanol–water partition coefficient (Wildman–Crippen LogP) is 1.65. The third-order valence-corrected chi connectivity index (χ3v) is 3.28. The number of benzene rings is 1. The first kappa shape index (κ1) is 11.9. The number of hydrogen-bond donors (Lipinski definition) is 2. The van der Waals surface area contributed by atoms with Crippen molar-refractivity contribution in [2.75, 3.05) is 13.7 Å². The lowest BCUT2D eigenvalue weighted by Crippen LogP contribution is -2.29. The third-order valence-electron chi connectivity index (χ3n) is 3.28. The van der Waals surface area contributed by atoms with E-state index in [1.165, 1.54) is 0 Å². The van der Waals surface area contributed by atoms with Crippen LogP contribution in [0.3, 0.4) is 0 Å². The molecule has 1 saturated carbocycles. The zero-order chi connectivity index (χ0) is 12.3. The second kappa shape index (κ2) is 4.75. The molecular formula is C13H17NO3. The van der Waals surface area contributed by atoms with E-state index in [4.69, 9.17) is 9.84 Å². The lowest BCUT2D eigenvalue weighted by atomic mass is 10.1. The van der Waals surface area contributed by atoms with Crippen molar-refractivity contribution in [1.82, 2.24) is 5.32 Å². The van der Waals surface area contributed by atoms with Gasteiger partial charge in [0.2, 0.25) is 0 Å². The van der Waals surface area contributed by atoms with Crippen LogP contribution in [-0.2, 0) is 11.3 Å². The molecule has 4 nitrogen and oxygen atoms in total. The van der Waals surface area contributed by atoms with Crippen LogP contribution in [0, 0.1) is 5.41 Å². The number of carboxylic acid groups (broad SMARTS) is 1. The Hall–Kier alpha value is -1.55. The van der Waals surface area contributed by atoms with E-state index < -0.39 is 11.4 Å². The maximum absolute atomic E-state index is 11.0. The van der Waals surface area contributed by atoms with Crippen LogP contribution in [0.1, 0.15) is 18.4 Å². The van der Waals surface area contributed by atoms with Crippen molar-refractivity contribution in [3.05, 3.63) is 29.8 Å². The zero-order valence-electron chi connectivity index (χ0n) is 9.90. The molecule has 0 aliphatic heterocycles. The van der Waals surface area contributed by atoms with Gasteiger partial charge in [0.15, 0.2) is 0 Å². The van der Waals surface area contributed by atoms with Gasteiger partial charge in [0.1, 0.15) is 5.75 Å². The van der Waals surface area contributed by atoms with Gasteiger partial charge in [-0.2, -0.15) is 0 Å². The number of ether oxygens (including phenoxy) is 1. The molecule has 0 aromatic heterocycles. The molecule has 0 saturated heterocycles. The number of nitrogens with one attached hydrogen (secondary N) is 1. The summed E-state index contributed by atoms with van der Waals surface area (Å²) in [5.41, 5.74) is 0.540. The molecule has 1 aromatic rings. The average Bonchev–Trinajstić information content (AvgIpc) is 3.11. The summed E-state index contributed by atoms with van der Waals surface area (Å²) in [5.74, 6) is 0.144. The normalized spacial score (nSPS) is 16.5. The number of methoxy groups -OCH3 is 1. The van der Waals surface area contributed by atoms with E-state index in [-0.39, 0.29) is 0 Å². The van der Waals surface area contributed by atoms with Crippen molar-refractivity contribution in [3.8, 4) is 5.75 Å². The Morgan fingerprint density at radius 3 is 2.76 bits per heavy atom. The fourth-order valence-corrected chi connectivity index (χ4v) is 1.90. The van der Waals surface area contributed by atoms with Crippen molar-refractivity contribution >= 4 is 5.97 Å². The first-order chi connectivity index (χ1) is 8.18. The quantitative estimate of drug-likeness (QED) is 0.787. The number of para-hydroxylation sites is 1. The molecule has 0 spiro atoms. The van der Waals surface area contributed by atoms with Crippen LogP contribution >= 0.6 is 0 Å². The van der Waals surface area contributed by atoms with Gasteiger partial charge in [0.05, 0.1) is 12.5 Å². The summed E-state index contributed by atoms with van der Waals surface area (Å²) in [6.45, 7) is 1.17. The summed E-state index contributed by atoms with van der Waals surface area (Å²) in [4.78, 5) is 11.0. The van der Waals surface area contributed by atoms with Gasteiger partial charge in [0, 0.05) is 18.7 Å². The highest BCUT2D eigenvalue weighted by Crippen LogP contribution is 2.45. The molecule has 1 aromatic carbocycles. The standard InChI is InChI=1S/C13H17NO3/c1-17-11-5-3-2-4-10(11)8-14-9-13(6-7-13)12(15)16/h2-5,14H,6-9H2,1H3,(H,15,16). The molecule has 2 N–H and O–H groups in total. The van der Waals surface area contributed by atoms with Crippen LogP contribution in [-0.4, -0.2) is 24.7 Å². The van der Waals surface area contributed by atoms with Crippen LogP contribution in [0.4, 0.5) is 0 Å². The molecule has 0 atom stereocenters. The highest BCUT2D eigenvalue weighted by molar-refractivity contribution is 5.78. The Morgan fingerprint density at radius 2 is 2.18 bits per heavy atom. The van der Waals surface area contributed by atoms with Crippen LogP contribution in [0.5, 0.6) is 5.75 Å². The fourth-order valence-electron chi connectivity index (χ4n) is 1.90. The minimum atomic E-state index is -0.690. The van der Waals surface area contributed by atoms with E-state index in [0.29, 0.717) is 13.1 Å². The van der Waals surface area contributed by atoms with Gasteiger partial charge in [0.25, 0.3) is 0 Å². The van der Waals surface area contributed by atoms with Gasteiger partial charge in [-0.05, 0) is 18.9 Å². The van der Waals surface area contributed by atoms with Crippen molar-refractivity contribution in [1.29, 1.82) is 0 Å². The lowest BCUT2D eigenvalue weighted by molar-refractivity contribution is -0.143. The molecule has 2 rings (SSSR count). The van der Waals surface area contributed by atoms with E-state index in [2.05, 4.69) is 5.32 Å². The van der Waals surface area contributed by atoms with Gasteiger partial charge in [-0.15, -0.1) is 0 Å². The molecule has 17 heavy (non-hydrogen) atoms. The second-order valence-corrected chi connectivity index (χ2v) is 4.50. The highest BCUT2D eigenvalue weighted by Gasteiger charge is 2.49. The molecular weight excluding hydrogens is 218 g/mol. The largest absolute Gasteiger partial charge is 0.496 e.